The van der Waals surface area contributed by atoms with Crippen LogP contribution in [0.5, 0.6) is 0 Å². The third-order valence-corrected chi connectivity index (χ3v) is 7.37. The molecule has 2 aliphatic heterocycles. The highest BCUT2D eigenvalue weighted by Crippen LogP contribution is 2.34. The van der Waals surface area contributed by atoms with Gasteiger partial charge >= 0.3 is 0 Å². The molecule has 1 aromatic rings. The molecule has 3 fully saturated rings. The summed E-state index contributed by atoms with van der Waals surface area (Å²) in [5.41, 5.74) is 0.979. The number of piperazine rings is 1. The average molecular weight is 352 g/mol. The number of hydrogen-bond acceptors (Lipinski definition) is 4. The topological polar surface area (TPSA) is 40.6 Å². The summed E-state index contributed by atoms with van der Waals surface area (Å²) in [6, 6.07) is 6.97. The first-order valence-corrected chi connectivity index (χ1v) is 10.8. The van der Waals surface area contributed by atoms with Crippen LogP contribution in [0, 0.1) is 11.7 Å². The molecule has 0 unspecified atom stereocenters. The van der Waals surface area contributed by atoms with Crippen LogP contribution >= 0.6 is 0 Å². The molecule has 4 nitrogen and oxygen atoms in total. The summed E-state index contributed by atoms with van der Waals surface area (Å²) < 4.78 is 37.7. The van der Waals surface area contributed by atoms with Crippen molar-refractivity contribution in [3.05, 3.63) is 35.6 Å². The highest BCUT2D eigenvalue weighted by molar-refractivity contribution is 7.91. The molecule has 6 heteroatoms. The molecule has 0 bridgehead atoms. The molecule has 132 valence electrons. The van der Waals surface area contributed by atoms with Crippen molar-refractivity contribution in [1.29, 1.82) is 0 Å². The third-order valence-electron chi connectivity index (χ3n) is 5.67. The molecule has 24 heavy (non-hydrogen) atoms. The average Bonchev–Trinajstić information content (AvgIpc) is 3.27. The fourth-order valence-corrected chi connectivity index (χ4v) is 6.24. The Labute approximate surface area is 143 Å². The Morgan fingerprint density at radius 2 is 1.79 bits per heavy atom. The summed E-state index contributed by atoms with van der Waals surface area (Å²) in [6.45, 7) is 3.74. The second-order valence-electron chi connectivity index (χ2n) is 7.57. The van der Waals surface area contributed by atoms with E-state index in [1.165, 1.54) is 18.9 Å². The minimum absolute atomic E-state index is 0.107. The zero-order chi connectivity index (χ0) is 16.7. The van der Waals surface area contributed by atoms with Gasteiger partial charge in [0, 0.05) is 38.3 Å². The van der Waals surface area contributed by atoms with E-state index in [2.05, 4.69) is 9.80 Å². The van der Waals surface area contributed by atoms with Gasteiger partial charge in [-0.05, 0) is 42.9 Å². The van der Waals surface area contributed by atoms with E-state index in [-0.39, 0.29) is 23.7 Å². The van der Waals surface area contributed by atoms with Gasteiger partial charge in [-0.3, -0.25) is 9.80 Å². The number of nitrogens with zero attached hydrogens (tertiary/aromatic N) is 2. The lowest BCUT2D eigenvalue weighted by atomic mass is 10.0. The van der Waals surface area contributed by atoms with Crippen LogP contribution in [0.15, 0.2) is 24.3 Å². The van der Waals surface area contributed by atoms with E-state index < -0.39 is 9.84 Å². The van der Waals surface area contributed by atoms with Crippen molar-refractivity contribution in [2.75, 3.05) is 37.7 Å². The second-order valence-corrected chi connectivity index (χ2v) is 9.72. The molecular formula is C18H25FN2O2S. The maximum absolute atomic E-state index is 13.3. The van der Waals surface area contributed by atoms with Crippen LogP contribution in [0.1, 0.15) is 18.4 Å². The second kappa shape index (κ2) is 6.39. The Morgan fingerprint density at radius 1 is 1.08 bits per heavy atom. The molecular weight excluding hydrogens is 327 g/mol. The van der Waals surface area contributed by atoms with Crippen LogP contribution in [0.3, 0.4) is 0 Å². The molecule has 1 aromatic carbocycles. The summed E-state index contributed by atoms with van der Waals surface area (Å²) >= 11 is 0. The molecule has 0 radical (unpaired) electrons. The number of fused-ring (bicyclic) bond motifs is 1. The monoisotopic (exact) mass is 352 g/mol. The predicted octanol–water partition coefficient (Wildman–Crippen LogP) is 1.56. The summed E-state index contributed by atoms with van der Waals surface area (Å²) in [6.07, 6.45) is 3.36. The van der Waals surface area contributed by atoms with Gasteiger partial charge < -0.3 is 0 Å². The molecule has 0 N–H and O–H groups in total. The van der Waals surface area contributed by atoms with Crippen LogP contribution in [0.4, 0.5) is 4.39 Å². The maximum atomic E-state index is 13.3. The lowest BCUT2D eigenvalue weighted by Crippen LogP contribution is -2.59. The number of hydrogen-bond donors (Lipinski definition) is 0. The first-order valence-electron chi connectivity index (χ1n) is 8.93. The molecule has 2 saturated heterocycles. The quantitative estimate of drug-likeness (QED) is 0.806. The zero-order valence-electron chi connectivity index (χ0n) is 13.9. The fraction of sp³-hybridized carbons (Fsp3) is 0.667. The lowest BCUT2D eigenvalue weighted by Gasteiger charge is -2.44. The normalized spacial score (nSPS) is 30.4. The Hall–Kier alpha value is -0.980. The van der Waals surface area contributed by atoms with E-state index in [0.29, 0.717) is 5.75 Å². The van der Waals surface area contributed by atoms with Gasteiger partial charge in [-0.15, -0.1) is 0 Å². The van der Waals surface area contributed by atoms with E-state index >= 15 is 0 Å². The molecule has 0 amide bonds. The highest BCUT2D eigenvalue weighted by Gasteiger charge is 2.47. The van der Waals surface area contributed by atoms with Gasteiger partial charge in [-0.1, -0.05) is 12.1 Å². The van der Waals surface area contributed by atoms with Gasteiger partial charge in [0.15, 0.2) is 9.84 Å². The van der Waals surface area contributed by atoms with Crippen molar-refractivity contribution in [2.45, 2.75) is 31.3 Å². The Kier molecular flexibility index (Phi) is 4.39. The molecule has 2 heterocycles. The molecule has 4 rings (SSSR count). The van der Waals surface area contributed by atoms with Crippen molar-refractivity contribution in [3.8, 4) is 0 Å². The Morgan fingerprint density at radius 3 is 2.50 bits per heavy atom. The highest BCUT2D eigenvalue weighted by atomic mass is 32.2. The standard InChI is InChI=1S/C18H25FN2O2S/c19-16-3-1-2-14(10-16)6-7-20-8-9-21(11-15-4-5-15)18-13-24(22,23)12-17(18)20/h1-3,10,15,17-18H,4-9,11-13H2/t17-,18+/m1/s1. The molecule has 0 aromatic heterocycles. The van der Waals surface area contributed by atoms with Crippen LogP contribution in [-0.2, 0) is 16.3 Å². The first-order chi connectivity index (χ1) is 11.5. The van der Waals surface area contributed by atoms with E-state index in [9.17, 15) is 12.8 Å². The number of rotatable bonds is 5. The molecule has 1 saturated carbocycles. The van der Waals surface area contributed by atoms with Crippen molar-refractivity contribution in [1.82, 2.24) is 9.80 Å². The van der Waals surface area contributed by atoms with Crippen molar-refractivity contribution in [2.24, 2.45) is 5.92 Å². The maximum Gasteiger partial charge on any atom is 0.153 e. The van der Waals surface area contributed by atoms with Gasteiger partial charge in [0.25, 0.3) is 0 Å². The summed E-state index contributed by atoms with van der Waals surface area (Å²) in [7, 11) is -2.94. The number of halogens is 1. The van der Waals surface area contributed by atoms with E-state index in [4.69, 9.17) is 0 Å². The van der Waals surface area contributed by atoms with Crippen LogP contribution in [0.25, 0.3) is 0 Å². The zero-order valence-corrected chi connectivity index (χ0v) is 14.7. The van der Waals surface area contributed by atoms with Crippen LogP contribution in [0.2, 0.25) is 0 Å². The van der Waals surface area contributed by atoms with Gasteiger partial charge in [-0.2, -0.15) is 0 Å². The molecule has 2 atom stereocenters. The van der Waals surface area contributed by atoms with E-state index in [0.717, 1.165) is 44.1 Å². The van der Waals surface area contributed by atoms with Crippen molar-refractivity contribution >= 4 is 9.84 Å². The minimum atomic E-state index is -2.94. The largest absolute Gasteiger partial charge is 0.296 e. The Bertz CT molecular complexity index is 705. The van der Waals surface area contributed by atoms with E-state index in [1.807, 2.05) is 6.07 Å². The minimum Gasteiger partial charge on any atom is -0.296 e. The molecule has 3 aliphatic rings. The van der Waals surface area contributed by atoms with Crippen molar-refractivity contribution < 1.29 is 12.8 Å². The van der Waals surface area contributed by atoms with E-state index in [1.54, 1.807) is 12.1 Å². The number of sulfone groups is 1. The third kappa shape index (κ3) is 3.65. The first kappa shape index (κ1) is 16.5. The predicted molar refractivity (Wildman–Crippen MR) is 92.2 cm³/mol. The van der Waals surface area contributed by atoms with Crippen LogP contribution in [-0.4, -0.2) is 68.0 Å². The van der Waals surface area contributed by atoms with Gasteiger partial charge in [0.1, 0.15) is 5.82 Å². The number of benzene rings is 1. The van der Waals surface area contributed by atoms with Gasteiger partial charge in [-0.25, -0.2) is 12.8 Å². The van der Waals surface area contributed by atoms with Gasteiger partial charge in [0.2, 0.25) is 0 Å². The van der Waals surface area contributed by atoms with Crippen molar-refractivity contribution in [3.63, 3.8) is 0 Å². The van der Waals surface area contributed by atoms with Crippen LogP contribution < -0.4 is 0 Å². The molecule has 1 aliphatic carbocycles. The summed E-state index contributed by atoms with van der Waals surface area (Å²) in [5, 5.41) is 0. The molecule has 0 spiro atoms. The summed E-state index contributed by atoms with van der Waals surface area (Å²) in [4.78, 5) is 4.75. The lowest BCUT2D eigenvalue weighted by molar-refractivity contribution is 0.0433. The SMILES string of the molecule is O=S1(=O)C[C@@H]2[C@H](C1)N(CC1CC1)CCN2CCc1cccc(F)c1. The Balaban J connectivity index is 1.44. The fourth-order valence-electron chi connectivity index (χ4n) is 4.20. The summed E-state index contributed by atoms with van der Waals surface area (Å²) in [5.74, 6) is 1.17. The smallest absolute Gasteiger partial charge is 0.153 e. The van der Waals surface area contributed by atoms with Gasteiger partial charge in [0.05, 0.1) is 11.5 Å².